The molecule has 4 rings (SSSR count). The van der Waals surface area contributed by atoms with E-state index in [2.05, 4.69) is 30.2 Å². The predicted molar refractivity (Wildman–Crippen MR) is 115 cm³/mol. The van der Waals surface area contributed by atoms with Crippen molar-refractivity contribution in [2.24, 2.45) is 5.92 Å². The van der Waals surface area contributed by atoms with E-state index in [1.54, 1.807) is 0 Å². The van der Waals surface area contributed by atoms with Crippen LogP contribution >= 0.6 is 0 Å². The Labute approximate surface area is 171 Å². The van der Waals surface area contributed by atoms with Crippen molar-refractivity contribution >= 4 is 29.2 Å². The van der Waals surface area contributed by atoms with Gasteiger partial charge in [0.1, 0.15) is 0 Å². The molecule has 3 N–H and O–H groups in total. The largest absolute Gasteiger partial charge is 0.481 e. The van der Waals surface area contributed by atoms with Crippen molar-refractivity contribution in [1.82, 2.24) is 4.98 Å². The number of carbonyl (C=O) groups is 2. The molecule has 1 aliphatic carbocycles. The van der Waals surface area contributed by atoms with Crippen LogP contribution in [0, 0.1) is 12.8 Å². The first-order valence-corrected chi connectivity index (χ1v) is 10.4. The summed E-state index contributed by atoms with van der Waals surface area (Å²) >= 11 is 0. The van der Waals surface area contributed by atoms with E-state index >= 15 is 0 Å². The SMILES string of the molecule is Cc1c(CCC(=O)O)ccc2c1C(=Cc1cc3c([nH]1)CCCC3C(C)C)C(=O)N2. The molecule has 152 valence electrons. The zero-order valence-electron chi connectivity index (χ0n) is 17.3. The predicted octanol–water partition coefficient (Wildman–Crippen LogP) is 4.91. The van der Waals surface area contributed by atoms with Gasteiger partial charge < -0.3 is 15.4 Å². The van der Waals surface area contributed by atoms with Crippen molar-refractivity contribution < 1.29 is 14.7 Å². The summed E-state index contributed by atoms with van der Waals surface area (Å²) in [6.07, 6.45) is 5.96. The van der Waals surface area contributed by atoms with Gasteiger partial charge >= 0.3 is 5.97 Å². The van der Waals surface area contributed by atoms with Crippen molar-refractivity contribution in [1.29, 1.82) is 0 Å². The number of amides is 1. The lowest BCUT2D eigenvalue weighted by molar-refractivity contribution is -0.137. The average Bonchev–Trinajstić information content (AvgIpc) is 3.21. The van der Waals surface area contributed by atoms with Crippen LogP contribution in [0.15, 0.2) is 18.2 Å². The summed E-state index contributed by atoms with van der Waals surface area (Å²) < 4.78 is 0. The van der Waals surface area contributed by atoms with Gasteiger partial charge in [-0.15, -0.1) is 0 Å². The topological polar surface area (TPSA) is 82.2 Å². The minimum absolute atomic E-state index is 0.0833. The van der Waals surface area contributed by atoms with Gasteiger partial charge in [-0.05, 0) is 79.3 Å². The fourth-order valence-corrected chi connectivity index (χ4v) is 4.81. The van der Waals surface area contributed by atoms with Gasteiger partial charge in [-0.2, -0.15) is 0 Å². The van der Waals surface area contributed by atoms with E-state index in [1.807, 2.05) is 25.1 Å². The van der Waals surface area contributed by atoms with Crippen molar-refractivity contribution in [3.8, 4) is 0 Å². The second kappa shape index (κ2) is 7.54. The molecule has 1 aromatic carbocycles. The normalized spacial score (nSPS) is 19.4. The highest BCUT2D eigenvalue weighted by Gasteiger charge is 2.29. The number of aromatic amines is 1. The van der Waals surface area contributed by atoms with Crippen LogP contribution in [0.4, 0.5) is 5.69 Å². The van der Waals surface area contributed by atoms with Crippen LogP contribution < -0.4 is 5.32 Å². The van der Waals surface area contributed by atoms with E-state index < -0.39 is 5.97 Å². The summed E-state index contributed by atoms with van der Waals surface area (Å²) in [7, 11) is 0. The summed E-state index contributed by atoms with van der Waals surface area (Å²) in [4.78, 5) is 27.2. The number of aromatic nitrogens is 1. The minimum Gasteiger partial charge on any atom is -0.481 e. The highest BCUT2D eigenvalue weighted by molar-refractivity contribution is 6.35. The average molecular weight is 392 g/mol. The molecule has 0 saturated heterocycles. The molecule has 0 saturated carbocycles. The molecule has 1 aliphatic heterocycles. The Balaban J connectivity index is 1.72. The fraction of sp³-hybridized carbons (Fsp3) is 0.417. The molecule has 1 atom stereocenters. The summed E-state index contributed by atoms with van der Waals surface area (Å²) in [5, 5.41) is 12.0. The van der Waals surface area contributed by atoms with Crippen LogP contribution in [-0.4, -0.2) is 22.0 Å². The van der Waals surface area contributed by atoms with Crippen LogP contribution in [0.1, 0.15) is 72.7 Å². The molecule has 1 unspecified atom stereocenters. The first-order valence-electron chi connectivity index (χ1n) is 10.4. The van der Waals surface area contributed by atoms with Gasteiger partial charge in [0.05, 0.1) is 5.57 Å². The third-order valence-electron chi connectivity index (χ3n) is 6.35. The summed E-state index contributed by atoms with van der Waals surface area (Å²) in [6.45, 7) is 6.51. The quantitative estimate of drug-likeness (QED) is 0.632. The zero-order chi connectivity index (χ0) is 20.7. The highest BCUT2D eigenvalue weighted by atomic mass is 16.4. The Kier molecular flexibility index (Phi) is 5.07. The standard InChI is InChI=1S/C24H28N2O3/c1-13(2)17-5-4-6-20-18(17)11-16(25-20)12-19-23-14(3)15(8-10-22(27)28)7-9-21(23)26-24(19)29/h7,9,11-13,17,25H,4-6,8,10H2,1-3H3,(H,26,29)(H,27,28). The molecule has 5 heteroatoms. The smallest absolute Gasteiger partial charge is 0.303 e. The number of carbonyl (C=O) groups excluding carboxylic acids is 1. The van der Waals surface area contributed by atoms with E-state index in [0.29, 0.717) is 23.8 Å². The number of benzene rings is 1. The lowest BCUT2D eigenvalue weighted by Gasteiger charge is -2.25. The number of carboxylic acid groups (broad SMARTS) is 1. The van der Waals surface area contributed by atoms with Crippen molar-refractivity contribution in [2.75, 3.05) is 5.32 Å². The first-order chi connectivity index (χ1) is 13.8. The molecular weight excluding hydrogens is 364 g/mol. The third-order valence-corrected chi connectivity index (χ3v) is 6.35. The lowest BCUT2D eigenvalue weighted by Crippen LogP contribution is -2.13. The van der Waals surface area contributed by atoms with E-state index in [-0.39, 0.29) is 12.3 Å². The number of fused-ring (bicyclic) bond motifs is 2. The second-order valence-electron chi connectivity index (χ2n) is 8.58. The maximum absolute atomic E-state index is 12.7. The van der Waals surface area contributed by atoms with Crippen LogP contribution in [0.5, 0.6) is 0 Å². The number of aliphatic carboxylic acids is 1. The number of carboxylic acids is 1. The van der Waals surface area contributed by atoms with Crippen LogP contribution in [0.25, 0.3) is 11.6 Å². The maximum Gasteiger partial charge on any atom is 0.303 e. The molecular formula is C24H28N2O3. The van der Waals surface area contributed by atoms with Crippen molar-refractivity contribution in [3.63, 3.8) is 0 Å². The second-order valence-corrected chi connectivity index (χ2v) is 8.58. The fourth-order valence-electron chi connectivity index (χ4n) is 4.81. The van der Waals surface area contributed by atoms with Gasteiger partial charge in [0.15, 0.2) is 0 Å². The first kappa shape index (κ1) is 19.5. The number of aryl methyl sites for hydroxylation is 2. The van der Waals surface area contributed by atoms with Crippen LogP contribution in [-0.2, 0) is 22.4 Å². The molecule has 0 spiro atoms. The molecule has 1 amide bonds. The lowest BCUT2D eigenvalue weighted by atomic mass is 9.80. The van der Waals surface area contributed by atoms with Gasteiger partial charge in [0.2, 0.25) is 0 Å². The van der Waals surface area contributed by atoms with E-state index in [4.69, 9.17) is 5.11 Å². The highest BCUT2D eigenvalue weighted by Crippen LogP contribution is 2.40. The van der Waals surface area contributed by atoms with Gasteiger partial charge in [-0.25, -0.2) is 0 Å². The van der Waals surface area contributed by atoms with Crippen molar-refractivity contribution in [3.05, 3.63) is 51.8 Å². The van der Waals surface area contributed by atoms with E-state index in [1.165, 1.54) is 24.1 Å². The number of nitrogens with one attached hydrogen (secondary N) is 2. The Hall–Kier alpha value is -2.82. The van der Waals surface area contributed by atoms with Gasteiger partial charge in [0.25, 0.3) is 5.91 Å². The van der Waals surface area contributed by atoms with Crippen molar-refractivity contribution in [2.45, 2.75) is 58.8 Å². The molecule has 0 bridgehead atoms. The summed E-state index contributed by atoms with van der Waals surface area (Å²) in [6, 6.07) is 6.01. The molecule has 29 heavy (non-hydrogen) atoms. The number of anilines is 1. The number of H-pyrrole nitrogens is 1. The van der Waals surface area contributed by atoms with E-state index in [9.17, 15) is 9.59 Å². The van der Waals surface area contributed by atoms with Gasteiger partial charge in [-0.1, -0.05) is 19.9 Å². The number of hydrogen-bond donors (Lipinski definition) is 3. The Morgan fingerprint density at radius 2 is 2.14 bits per heavy atom. The zero-order valence-corrected chi connectivity index (χ0v) is 17.3. The maximum atomic E-state index is 12.7. The molecule has 0 radical (unpaired) electrons. The molecule has 1 aromatic heterocycles. The third kappa shape index (κ3) is 3.61. The molecule has 5 nitrogen and oxygen atoms in total. The number of hydrogen-bond acceptors (Lipinski definition) is 2. The Morgan fingerprint density at radius 3 is 2.86 bits per heavy atom. The molecule has 0 fully saturated rings. The number of rotatable bonds is 5. The summed E-state index contributed by atoms with van der Waals surface area (Å²) in [5.74, 6) is 0.245. The van der Waals surface area contributed by atoms with Crippen LogP contribution in [0.2, 0.25) is 0 Å². The molecule has 2 aliphatic rings. The molecule has 2 aromatic rings. The van der Waals surface area contributed by atoms with Gasteiger partial charge in [-0.3, -0.25) is 9.59 Å². The minimum atomic E-state index is -0.813. The van der Waals surface area contributed by atoms with Gasteiger partial charge in [0, 0.05) is 29.1 Å². The summed E-state index contributed by atoms with van der Waals surface area (Å²) in [5.41, 5.74) is 7.95. The monoisotopic (exact) mass is 392 g/mol. The van der Waals surface area contributed by atoms with E-state index in [0.717, 1.165) is 34.5 Å². The van der Waals surface area contributed by atoms with Crippen LogP contribution in [0.3, 0.4) is 0 Å². The Morgan fingerprint density at radius 1 is 1.34 bits per heavy atom. The molecule has 2 heterocycles. The Bertz CT molecular complexity index is 1010.